The van der Waals surface area contributed by atoms with Gasteiger partial charge in [-0.1, -0.05) is 6.07 Å². The molecule has 0 bridgehead atoms. The van der Waals surface area contributed by atoms with E-state index in [4.69, 9.17) is 4.74 Å². The van der Waals surface area contributed by atoms with E-state index in [2.05, 4.69) is 4.90 Å². The van der Waals surface area contributed by atoms with Gasteiger partial charge in [-0.25, -0.2) is 12.8 Å². The summed E-state index contributed by atoms with van der Waals surface area (Å²) in [5.74, 6) is -0.263. The van der Waals surface area contributed by atoms with Crippen molar-refractivity contribution in [2.75, 3.05) is 46.9 Å². The van der Waals surface area contributed by atoms with E-state index >= 15 is 0 Å². The molecule has 2 heterocycles. The molecule has 1 aromatic carbocycles. The Balaban J connectivity index is 1.89. The normalized spacial score (nSPS) is 24.8. The molecule has 0 saturated carbocycles. The first-order chi connectivity index (χ1) is 11.3. The summed E-state index contributed by atoms with van der Waals surface area (Å²) in [6, 6.07) is 5.28. The van der Waals surface area contributed by atoms with Crippen LogP contribution in [0.5, 0.6) is 0 Å². The second kappa shape index (κ2) is 6.71. The van der Waals surface area contributed by atoms with Gasteiger partial charge < -0.3 is 9.64 Å². The fourth-order valence-electron chi connectivity index (χ4n) is 3.98. The maximum Gasteiger partial charge on any atom is 0.243 e. The lowest BCUT2D eigenvalue weighted by Crippen LogP contribution is -2.40. The number of hydrogen-bond donors (Lipinski definition) is 0. The lowest BCUT2D eigenvalue weighted by atomic mass is 9.72. The number of nitrogens with zero attached hydrogens (tertiary/aromatic N) is 2. The predicted octanol–water partition coefficient (Wildman–Crippen LogP) is 1.80. The van der Waals surface area contributed by atoms with E-state index in [-0.39, 0.29) is 16.2 Å². The highest BCUT2D eigenvalue weighted by Gasteiger charge is 2.50. The van der Waals surface area contributed by atoms with Gasteiger partial charge in [0.15, 0.2) is 0 Å². The molecule has 0 aliphatic carbocycles. The first-order valence-corrected chi connectivity index (χ1v) is 9.76. The minimum absolute atomic E-state index is 0.0372. The fourth-order valence-corrected chi connectivity index (χ4v) is 5.59. The molecule has 0 N–H and O–H groups in total. The Labute approximate surface area is 143 Å². The van der Waals surface area contributed by atoms with Crippen molar-refractivity contribution in [3.8, 4) is 0 Å². The van der Waals surface area contributed by atoms with Crippen molar-refractivity contribution < 1.29 is 17.5 Å². The zero-order valence-corrected chi connectivity index (χ0v) is 15.1. The average molecular weight is 356 g/mol. The first-order valence-electron chi connectivity index (χ1n) is 8.32. The van der Waals surface area contributed by atoms with Gasteiger partial charge in [-0.15, -0.1) is 0 Å². The van der Waals surface area contributed by atoms with Gasteiger partial charge in [0.1, 0.15) is 5.82 Å². The summed E-state index contributed by atoms with van der Waals surface area (Å²) in [6.07, 6.45) is 1.75. The van der Waals surface area contributed by atoms with Crippen LogP contribution in [0.3, 0.4) is 0 Å². The maximum absolute atomic E-state index is 13.5. The summed E-state index contributed by atoms with van der Waals surface area (Å²) in [5, 5.41) is 0. The molecule has 2 aliphatic rings. The number of halogens is 1. The van der Waals surface area contributed by atoms with Crippen LogP contribution in [0, 0.1) is 17.2 Å². The smallest absolute Gasteiger partial charge is 0.243 e. The molecule has 1 aromatic rings. The minimum atomic E-state index is -3.67. The van der Waals surface area contributed by atoms with Crippen molar-refractivity contribution in [1.82, 2.24) is 9.21 Å². The molecule has 2 saturated heterocycles. The van der Waals surface area contributed by atoms with Gasteiger partial charge in [-0.2, -0.15) is 4.31 Å². The molecule has 1 spiro atoms. The quantitative estimate of drug-likeness (QED) is 0.826. The van der Waals surface area contributed by atoms with Crippen LogP contribution in [0.25, 0.3) is 0 Å². The van der Waals surface area contributed by atoms with Crippen LogP contribution in [0.4, 0.5) is 4.39 Å². The van der Waals surface area contributed by atoms with Crippen molar-refractivity contribution in [3.05, 3.63) is 30.1 Å². The number of sulfonamides is 1. The average Bonchev–Trinajstić information content (AvgIpc) is 2.86. The van der Waals surface area contributed by atoms with Gasteiger partial charge in [0.05, 0.1) is 4.90 Å². The molecule has 7 heteroatoms. The molecular formula is C17H25FN2O3S. The monoisotopic (exact) mass is 356 g/mol. The summed E-state index contributed by atoms with van der Waals surface area (Å²) in [4.78, 5) is 2.15. The molecule has 2 aliphatic heterocycles. The summed E-state index contributed by atoms with van der Waals surface area (Å²) < 4.78 is 46.4. The van der Waals surface area contributed by atoms with Crippen LogP contribution in [0.2, 0.25) is 0 Å². The molecular weight excluding hydrogens is 331 g/mol. The third kappa shape index (κ3) is 3.35. The number of benzene rings is 1. The van der Waals surface area contributed by atoms with Crippen molar-refractivity contribution in [1.29, 1.82) is 0 Å². The van der Waals surface area contributed by atoms with Crippen LogP contribution in [-0.4, -0.2) is 64.6 Å². The van der Waals surface area contributed by atoms with E-state index in [1.54, 1.807) is 4.31 Å². The molecule has 5 nitrogen and oxygen atoms in total. The van der Waals surface area contributed by atoms with Gasteiger partial charge >= 0.3 is 0 Å². The topological polar surface area (TPSA) is 49.9 Å². The van der Waals surface area contributed by atoms with E-state index in [1.165, 1.54) is 18.2 Å². The lowest BCUT2D eigenvalue weighted by Gasteiger charge is -2.39. The van der Waals surface area contributed by atoms with Crippen LogP contribution >= 0.6 is 0 Å². The molecule has 24 heavy (non-hydrogen) atoms. The van der Waals surface area contributed by atoms with Gasteiger partial charge in [0, 0.05) is 32.8 Å². The van der Waals surface area contributed by atoms with Crippen LogP contribution in [0.15, 0.2) is 29.2 Å². The standard InChI is InChI=1S/C17H25FN2O3S/c1-19(2)11-14-12-20(13-17(14)6-8-23-9-7-17)24(21,22)16-5-3-4-15(18)10-16/h3-5,10,14H,6-9,11-13H2,1-2H3/t14-/m0/s1. The Bertz CT molecular complexity index is 687. The first kappa shape index (κ1) is 17.8. The van der Waals surface area contributed by atoms with Crippen molar-refractivity contribution in [2.45, 2.75) is 17.7 Å². The molecule has 1 atom stereocenters. The van der Waals surface area contributed by atoms with Gasteiger partial charge in [0.2, 0.25) is 10.0 Å². The zero-order valence-electron chi connectivity index (χ0n) is 14.2. The summed E-state index contributed by atoms with van der Waals surface area (Å²) in [7, 11) is 0.350. The highest BCUT2D eigenvalue weighted by atomic mass is 32.2. The second-order valence-corrected chi connectivity index (χ2v) is 9.13. The molecule has 0 radical (unpaired) electrons. The Morgan fingerprint density at radius 1 is 1.33 bits per heavy atom. The Hall–Kier alpha value is -1.02. The molecule has 0 aromatic heterocycles. The molecule has 134 valence electrons. The van der Waals surface area contributed by atoms with Crippen molar-refractivity contribution in [2.24, 2.45) is 11.3 Å². The highest BCUT2D eigenvalue weighted by molar-refractivity contribution is 7.89. The van der Waals surface area contributed by atoms with Gasteiger partial charge in [-0.05, 0) is 56.5 Å². The van der Waals surface area contributed by atoms with E-state index in [0.29, 0.717) is 26.3 Å². The van der Waals surface area contributed by atoms with Crippen molar-refractivity contribution >= 4 is 10.0 Å². The van der Waals surface area contributed by atoms with Crippen LogP contribution in [0.1, 0.15) is 12.8 Å². The lowest BCUT2D eigenvalue weighted by molar-refractivity contribution is -0.00333. The summed E-state index contributed by atoms with van der Waals surface area (Å²) in [6.45, 7) is 3.18. The molecule has 2 fully saturated rings. The number of rotatable bonds is 4. The SMILES string of the molecule is CN(C)C[C@H]1CN(S(=O)(=O)c2cccc(F)c2)CC12CCOCC2. The highest BCUT2D eigenvalue weighted by Crippen LogP contribution is 2.46. The zero-order chi connectivity index (χ0) is 17.4. The predicted molar refractivity (Wildman–Crippen MR) is 89.7 cm³/mol. The summed E-state index contributed by atoms with van der Waals surface area (Å²) in [5.41, 5.74) is -0.0388. The van der Waals surface area contributed by atoms with E-state index < -0.39 is 15.8 Å². The second-order valence-electron chi connectivity index (χ2n) is 7.19. The third-order valence-corrected chi connectivity index (χ3v) is 7.10. The number of hydrogen-bond acceptors (Lipinski definition) is 4. The largest absolute Gasteiger partial charge is 0.381 e. The van der Waals surface area contributed by atoms with Crippen LogP contribution in [-0.2, 0) is 14.8 Å². The molecule has 0 amide bonds. The number of ether oxygens (including phenoxy) is 1. The Morgan fingerprint density at radius 3 is 2.67 bits per heavy atom. The van der Waals surface area contributed by atoms with E-state index in [0.717, 1.165) is 25.5 Å². The molecule has 0 unspecified atom stereocenters. The molecule has 3 rings (SSSR count). The van der Waals surface area contributed by atoms with Gasteiger partial charge in [0.25, 0.3) is 0 Å². The Morgan fingerprint density at radius 2 is 2.04 bits per heavy atom. The fraction of sp³-hybridized carbons (Fsp3) is 0.647. The van der Waals surface area contributed by atoms with Crippen LogP contribution < -0.4 is 0 Å². The van der Waals surface area contributed by atoms with E-state index in [9.17, 15) is 12.8 Å². The third-order valence-electron chi connectivity index (χ3n) is 5.29. The van der Waals surface area contributed by atoms with E-state index in [1.807, 2.05) is 14.1 Å². The minimum Gasteiger partial charge on any atom is -0.381 e. The Kier molecular flexibility index (Phi) is 4.97. The maximum atomic E-state index is 13.5. The summed E-state index contributed by atoms with van der Waals surface area (Å²) >= 11 is 0. The van der Waals surface area contributed by atoms with Gasteiger partial charge in [-0.3, -0.25) is 0 Å². The van der Waals surface area contributed by atoms with Crippen molar-refractivity contribution in [3.63, 3.8) is 0 Å².